The number of hydrogen-bond donors (Lipinski definition) is 0. The van der Waals surface area contributed by atoms with Gasteiger partial charge in [0.25, 0.3) is 0 Å². The highest BCUT2D eigenvalue weighted by molar-refractivity contribution is 4.90. The quantitative estimate of drug-likeness (QED) is 0.747. The first-order valence-corrected chi connectivity index (χ1v) is 7.20. The summed E-state index contributed by atoms with van der Waals surface area (Å²) in [7, 11) is 0. The molecule has 100 valence electrons. The van der Waals surface area contributed by atoms with Crippen LogP contribution in [-0.4, -0.2) is 60.3 Å². The zero-order valence-corrected chi connectivity index (χ0v) is 11.9. The van der Waals surface area contributed by atoms with Gasteiger partial charge in [-0.3, -0.25) is 9.80 Å². The Hall–Kier alpha value is -0.120. The summed E-state index contributed by atoms with van der Waals surface area (Å²) in [6, 6.07) is 1.50. The fourth-order valence-corrected chi connectivity index (χ4v) is 2.95. The smallest absolute Gasteiger partial charge is 0.0608 e. The van der Waals surface area contributed by atoms with Crippen molar-refractivity contribution in [3.05, 3.63) is 0 Å². The highest BCUT2D eigenvalue weighted by atomic mass is 16.5. The van der Waals surface area contributed by atoms with Gasteiger partial charge in [-0.25, -0.2) is 0 Å². The molecule has 1 saturated heterocycles. The summed E-state index contributed by atoms with van der Waals surface area (Å²) >= 11 is 0. The summed E-state index contributed by atoms with van der Waals surface area (Å²) in [5.74, 6) is 0. The number of piperazine rings is 1. The largest absolute Gasteiger partial charge is 0.375 e. The summed E-state index contributed by atoms with van der Waals surface area (Å²) in [4.78, 5) is 5.25. The van der Waals surface area contributed by atoms with E-state index in [1.807, 2.05) is 0 Å². The van der Waals surface area contributed by atoms with Crippen molar-refractivity contribution in [2.45, 2.75) is 64.8 Å². The van der Waals surface area contributed by atoms with Crippen molar-refractivity contribution in [3.63, 3.8) is 0 Å². The van der Waals surface area contributed by atoms with Gasteiger partial charge in [0, 0.05) is 38.3 Å². The van der Waals surface area contributed by atoms with E-state index < -0.39 is 0 Å². The molecule has 2 aliphatic rings. The van der Waals surface area contributed by atoms with Crippen molar-refractivity contribution in [1.29, 1.82) is 0 Å². The highest BCUT2D eigenvalue weighted by Crippen LogP contribution is 2.30. The van der Waals surface area contributed by atoms with Crippen LogP contribution >= 0.6 is 0 Å². The molecule has 0 aromatic rings. The molecule has 0 N–H and O–H groups in total. The maximum atomic E-state index is 5.83. The average molecular weight is 240 g/mol. The van der Waals surface area contributed by atoms with Crippen LogP contribution < -0.4 is 0 Å². The zero-order chi connectivity index (χ0) is 12.4. The van der Waals surface area contributed by atoms with Crippen LogP contribution in [0.3, 0.4) is 0 Å². The Labute approximate surface area is 106 Å². The molecular formula is C14H28N2O. The molecule has 1 heterocycles. The average Bonchev–Trinajstić information content (AvgIpc) is 2.23. The molecule has 1 aliphatic carbocycles. The van der Waals surface area contributed by atoms with Gasteiger partial charge in [-0.15, -0.1) is 0 Å². The fourth-order valence-electron chi connectivity index (χ4n) is 2.95. The van der Waals surface area contributed by atoms with Gasteiger partial charge in [0.05, 0.1) is 12.2 Å². The molecule has 3 nitrogen and oxygen atoms in total. The van der Waals surface area contributed by atoms with Gasteiger partial charge in [0.2, 0.25) is 0 Å². The Morgan fingerprint density at radius 1 is 0.941 bits per heavy atom. The minimum absolute atomic E-state index is 0.388. The first kappa shape index (κ1) is 13.3. The van der Waals surface area contributed by atoms with Crippen molar-refractivity contribution in [2.24, 2.45) is 0 Å². The standard InChI is InChI=1S/C14H28N2O/c1-11(2)15-5-7-16(8-6-15)13-9-14(10-13)17-12(3)4/h11-14H,5-10H2,1-4H3. The molecule has 0 radical (unpaired) electrons. The number of nitrogens with zero attached hydrogens (tertiary/aromatic N) is 2. The normalized spacial score (nSPS) is 32.1. The van der Waals surface area contributed by atoms with Gasteiger partial charge in [-0.05, 0) is 40.5 Å². The lowest BCUT2D eigenvalue weighted by molar-refractivity contribution is -0.0842. The summed E-state index contributed by atoms with van der Waals surface area (Å²) < 4.78 is 5.83. The van der Waals surface area contributed by atoms with Crippen molar-refractivity contribution in [1.82, 2.24) is 9.80 Å². The molecule has 0 spiro atoms. The van der Waals surface area contributed by atoms with E-state index >= 15 is 0 Å². The molecule has 0 amide bonds. The first-order valence-electron chi connectivity index (χ1n) is 7.20. The van der Waals surface area contributed by atoms with Crippen LogP contribution in [0.25, 0.3) is 0 Å². The Morgan fingerprint density at radius 3 is 2.00 bits per heavy atom. The van der Waals surface area contributed by atoms with Crippen LogP contribution in [0.15, 0.2) is 0 Å². The molecule has 2 rings (SSSR count). The van der Waals surface area contributed by atoms with Crippen LogP contribution in [-0.2, 0) is 4.74 Å². The molecule has 1 aliphatic heterocycles. The third-order valence-corrected chi connectivity index (χ3v) is 4.13. The summed E-state index contributed by atoms with van der Waals surface area (Å²) in [5.41, 5.74) is 0. The fraction of sp³-hybridized carbons (Fsp3) is 1.00. The van der Waals surface area contributed by atoms with E-state index in [1.165, 1.54) is 39.0 Å². The predicted octanol–water partition coefficient (Wildman–Crippen LogP) is 1.97. The van der Waals surface area contributed by atoms with E-state index in [1.54, 1.807) is 0 Å². The predicted molar refractivity (Wildman–Crippen MR) is 71.3 cm³/mol. The first-order chi connectivity index (χ1) is 8.06. The van der Waals surface area contributed by atoms with Gasteiger partial charge in [-0.1, -0.05) is 0 Å². The maximum absolute atomic E-state index is 5.83. The highest BCUT2D eigenvalue weighted by Gasteiger charge is 2.36. The van der Waals surface area contributed by atoms with E-state index in [0.717, 1.165) is 6.04 Å². The molecule has 2 fully saturated rings. The van der Waals surface area contributed by atoms with Crippen LogP contribution in [0.2, 0.25) is 0 Å². The van der Waals surface area contributed by atoms with Crippen molar-refractivity contribution in [2.75, 3.05) is 26.2 Å². The molecule has 3 heteroatoms. The molecule has 17 heavy (non-hydrogen) atoms. The topological polar surface area (TPSA) is 15.7 Å². The van der Waals surface area contributed by atoms with Gasteiger partial charge < -0.3 is 4.74 Å². The molecule has 1 saturated carbocycles. The van der Waals surface area contributed by atoms with Crippen LogP contribution in [0.5, 0.6) is 0 Å². The zero-order valence-electron chi connectivity index (χ0n) is 11.9. The van der Waals surface area contributed by atoms with E-state index in [4.69, 9.17) is 4.74 Å². The molecule has 0 unspecified atom stereocenters. The number of hydrogen-bond acceptors (Lipinski definition) is 3. The number of rotatable bonds is 4. The van der Waals surface area contributed by atoms with E-state index in [-0.39, 0.29) is 0 Å². The second-order valence-electron chi connectivity index (χ2n) is 6.10. The van der Waals surface area contributed by atoms with Crippen LogP contribution in [0, 0.1) is 0 Å². The Bertz CT molecular complexity index is 228. The SMILES string of the molecule is CC(C)OC1CC(N2CCN(C(C)C)CC2)C1. The van der Waals surface area contributed by atoms with Crippen LogP contribution in [0.4, 0.5) is 0 Å². The maximum Gasteiger partial charge on any atom is 0.0608 e. The molecule has 0 bridgehead atoms. The Balaban J connectivity index is 1.66. The van der Waals surface area contributed by atoms with Gasteiger partial charge in [0.1, 0.15) is 0 Å². The lowest BCUT2D eigenvalue weighted by Crippen LogP contribution is -2.56. The summed E-state index contributed by atoms with van der Waals surface area (Å²) in [6.45, 7) is 13.8. The van der Waals surface area contributed by atoms with Gasteiger partial charge in [-0.2, -0.15) is 0 Å². The van der Waals surface area contributed by atoms with Gasteiger partial charge in [0.15, 0.2) is 0 Å². The van der Waals surface area contributed by atoms with Crippen molar-refractivity contribution < 1.29 is 4.74 Å². The minimum Gasteiger partial charge on any atom is -0.375 e. The van der Waals surface area contributed by atoms with Crippen molar-refractivity contribution in [3.8, 4) is 0 Å². The lowest BCUT2D eigenvalue weighted by atomic mass is 9.87. The minimum atomic E-state index is 0.388. The van der Waals surface area contributed by atoms with Gasteiger partial charge >= 0.3 is 0 Å². The molecule has 0 aromatic carbocycles. The Morgan fingerprint density at radius 2 is 1.53 bits per heavy atom. The third kappa shape index (κ3) is 3.43. The monoisotopic (exact) mass is 240 g/mol. The Kier molecular flexibility index (Phi) is 4.45. The second-order valence-corrected chi connectivity index (χ2v) is 6.10. The van der Waals surface area contributed by atoms with E-state index in [2.05, 4.69) is 37.5 Å². The summed E-state index contributed by atoms with van der Waals surface area (Å²) in [6.07, 6.45) is 3.42. The lowest BCUT2D eigenvalue weighted by Gasteiger charge is -2.47. The molecule has 0 atom stereocenters. The van der Waals surface area contributed by atoms with Crippen molar-refractivity contribution >= 4 is 0 Å². The van der Waals surface area contributed by atoms with E-state index in [0.29, 0.717) is 18.2 Å². The van der Waals surface area contributed by atoms with E-state index in [9.17, 15) is 0 Å². The summed E-state index contributed by atoms with van der Waals surface area (Å²) in [5, 5.41) is 0. The number of ether oxygens (including phenoxy) is 1. The van der Waals surface area contributed by atoms with Crippen LogP contribution in [0.1, 0.15) is 40.5 Å². The third-order valence-electron chi connectivity index (χ3n) is 4.13. The molecule has 0 aromatic heterocycles. The molecular weight excluding hydrogens is 212 g/mol. The second kappa shape index (κ2) is 5.68.